The molecule has 0 bridgehead atoms. The van der Waals surface area contributed by atoms with Crippen molar-refractivity contribution in [1.82, 2.24) is 9.78 Å². The van der Waals surface area contributed by atoms with Crippen LogP contribution in [0.15, 0.2) is 33.6 Å². The molecule has 0 fully saturated rings. The van der Waals surface area contributed by atoms with Gasteiger partial charge in [-0.1, -0.05) is 33.6 Å². The van der Waals surface area contributed by atoms with Crippen LogP contribution < -0.4 is 0 Å². The number of Topliss-reactive ketones (excluding diaryl/α,β-unsaturated/α-hetero) is 1. The fourth-order valence-electron chi connectivity index (χ4n) is 1.83. The SMILES string of the molecule is Cc1nn(C)c(CC(=O)CSc2cccc(Br)c2)c1Cl. The Morgan fingerprint density at radius 1 is 1.50 bits per heavy atom. The molecule has 1 aromatic heterocycles. The van der Waals surface area contributed by atoms with E-state index in [1.807, 2.05) is 38.2 Å². The zero-order valence-corrected chi connectivity index (χ0v) is 14.3. The van der Waals surface area contributed by atoms with E-state index < -0.39 is 0 Å². The number of ketones is 1. The van der Waals surface area contributed by atoms with E-state index in [4.69, 9.17) is 11.6 Å². The number of carbonyl (C=O) groups is 1. The highest BCUT2D eigenvalue weighted by atomic mass is 79.9. The van der Waals surface area contributed by atoms with Crippen molar-refractivity contribution in [3.63, 3.8) is 0 Å². The van der Waals surface area contributed by atoms with Crippen molar-refractivity contribution in [2.75, 3.05) is 5.75 Å². The molecule has 2 aromatic rings. The molecule has 106 valence electrons. The van der Waals surface area contributed by atoms with Gasteiger partial charge in [0.05, 0.1) is 28.6 Å². The second-order valence-electron chi connectivity index (χ2n) is 4.43. The van der Waals surface area contributed by atoms with E-state index in [0.29, 0.717) is 17.2 Å². The number of hydrogen-bond donors (Lipinski definition) is 0. The number of carbonyl (C=O) groups excluding carboxylic acids is 1. The van der Waals surface area contributed by atoms with Crippen LogP contribution >= 0.6 is 39.3 Å². The Morgan fingerprint density at radius 2 is 2.25 bits per heavy atom. The highest BCUT2D eigenvalue weighted by Gasteiger charge is 2.14. The number of halogens is 2. The van der Waals surface area contributed by atoms with Crippen LogP contribution in [0.4, 0.5) is 0 Å². The van der Waals surface area contributed by atoms with E-state index in [0.717, 1.165) is 20.8 Å². The molecule has 1 aromatic carbocycles. The van der Waals surface area contributed by atoms with Gasteiger partial charge in [-0.2, -0.15) is 5.10 Å². The zero-order chi connectivity index (χ0) is 14.7. The van der Waals surface area contributed by atoms with Crippen LogP contribution in [0.1, 0.15) is 11.4 Å². The summed E-state index contributed by atoms with van der Waals surface area (Å²) in [6.07, 6.45) is 0.317. The maximum Gasteiger partial charge on any atom is 0.149 e. The molecule has 0 aliphatic carbocycles. The second-order valence-corrected chi connectivity index (χ2v) is 6.77. The summed E-state index contributed by atoms with van der Waals surface area (Å²) in [7, 11) is 1.81. The molecule has 0 saturated heterocycles. The van der Waals surface area contributed by atoms with Gasteiger partial charge in [-0.05, 0) is 25.1 Å². The van der Waals surface area contributed by atoms with Crippen LogP contribution in [0.2, 0.25) is 5.02 Å². The minimum atomic E-state index is 0.139. The predicted molar refractivity (Wildman–Crippen MR) is 86.5 cm³/mol. The smallest absolute Gasteiger partial charge is 0.149 e. The minimum absolute atomic E-state index is 0.139. The number of rotatable bonds is 5. The fourth-order valence-corrected chi connectivity index (χ4v) is 3.42. The Hall–Kier alpha value is -0.780. The van der Waals surface area contributed by atoms with Crippen molar-refractivity contribution in [3.05, 3.63) is 45.1 Å². The van der Waals surface area contributed by atoms with Gasteiger partial charge in [0.25, 0.3) is 0 Å². The molecule has 1 heterocycles. The van der Waals surface area contributed by atoms with Crippen LogP contribution in [0.5, 0.6) is 0 Å². The molecule has 2 rings (SSSR count). The van der Waals surface area contributed by atoms with Gasteiger partial charge in [0, 0.05) is 16.4 Å². The Bertz CT molecular complexity index is 642. The van der Waals surface area contributed by atoms with Crippen LogP contribution in [0.25, 0.3) is 0 Å². The lowest BCUT2D eigenvalue weighted by molar-refractivity contribution is -0.116. The normalized spacial score (nSPS) is 10.8. The quantitative estimate of drug-likeness (QED) is 0.742. The fraction of sp³-hybridized carbons (Fsp3) is 0.286. The Labute approximate surface area is 135 Å². The highest BCUT2D eigenvalue weighted by molar-refractivity contribution is 9.10. The van der Waals surface area contributed by atoms with Gasteiger partial charge in [0.15, 0.2) is 0 Å². The first-order chi connectivity index (χ1) is 9.47. The maximum absolute atomic E-state index is 12.1. The lowest BCUT2D eigenvalue weighted by atomic mass is 10.2. The average molecular weight is 374 g/mol. The monoisotopic (exact) mass is 372 g/mol. The molecule has 20 heavy (non-hydrogen) atoms. The number of thioether (sulfide) groups is 1. The first-order valence-corrected chi connectivity index (χ1v) is 8.21. The summed E-state index contributed by atoms with van der Waals surface area (Å²) in [5, 5.41) is 4.80. The lowest BCUT2D eigenvalue weighted by Crippen LogP contribution is -2.10. The zero-order valence-electron chi connectivity index (χ0n) is 11.2. The van der Waals surface area contributed by atoms with E-state index in [2.05, 4.69) is 21.0 Å². The Kier molecular flexibility index (Phi) is 5.29. The summed E-state index contributed by atoms with van der Waals surface area (Å²) in [5.74, 6) is 0.566. The minimum Gasteiger partial charge on any atom is -0.298 e. The van der Waals surface area contributed by atoms with Gasteiger partial charge >= 0.3 is 0 Å². The molecular weight excluding hydrogens is 360 g/mol. The van der Waals surface area contributed by atoms with Gasteiger partial charge in [0.1, 0.15) is 5.78 Å². The third-order valence-electron chi connectivity index (χ3n) is 2.82. The first-order valence-electron chi connectivity index (χ1n) is 6.05. The van der Waals surface area contributed by atoms with Crippen LogP contribution in [0, 0.1) is 6.92 Å². The number of aryl methyl sites for hydroxylation is 2. The van der Waals surface area contributed by atoms with E-state index in [9.17, 15) is 4.79 Å². The summed E-state index contributed by atoms with van der Waals surface area (Å²) in [6.45, 7) is 1.84. The Morgan fingerprint density at radius 3 is 2.85 bits per heavy atom. The molecular formula is C14H14BrClN2OS. The molecule has 0 aliphatic heterocycles. The molecule has 0 atom stereocenters. The lowest BCUT2D eigenvalue weighted by Gasteiger charge is -2.03. The predicted octanol–water partition coefficient (Wildman–Crippen LogP) is 4.05. The van der Waals surface area contributed by atoms with E-state index in [1.165, 1.54) is 11.8 Å². The summed E-state index contributed by atoms with van der Waals surface area (Å²) < 4.78 is 2.69. The molecule has 6 heteroatoms. The number of hydrogen-bond acceptors (Lipinski definition) is 3. The Balaban J connectivity index is 1.96. The van der Waals surface area contributed by atoms with Crippen molar-refractivity contribution in [2.45, 2.75) is 18.2 Å². The molecule has 0 spiro atoms. The van der Waals surface area contributed by atoms with Gasteiger partial charge in [0.2, 0.25) is 0 Å². The third-order valence-corrected chi connectivity index (χ3v) is 4.86. The summed E-state index contributed by atoms with van der Waals surface area (Å²) in [6, 6.07) is 7.91. The van der Waals surface area contributed by atoms with Gasteiger partial charge < -0.3 is 0 Å². The van der Waals surface area contributed by atoms with Crippen LogP contribution in [-0.2, 0) is 18.3 Å². The summed E-state index contributed by atoms with van der Waals surface area (Å²) in [5.41, 5.74) is 1.54. The maximum atomic E-state index is 12.1. The van der Waals surface area contributed by atoms with Gasteiger partial charge in [-0.3, -0.25) is 9.48 Å². The first kappa shape index (κ1) is 15.6. The highest BCUT2D eigenvalue weighted by Crippen LogP contribution is 2.24. The van der Waals surface area contributed by atoms with Gasteiger partial charge in [-0.15, -0.1) is 11.8 Å². The van der Waals surface area contributed by atoms with Crippen molar-refractivity contribution >= 4 is 45.1 Å². The van der Waals surface area contributed by atoms with E-state index in [1.54, 1.807) is 4.68 Å². The third kappa shape index (κ3) is 3.87. The van der Waals surface area contributed by atoms with Crippen molar-refractivity contribution in [1.29, 1.82) is 0 Å². The largest absolute Gasteiger partial charge is 0.298 e. The van der Waals surface area contributed by atoms with Crippen LogP contribution in [-0.4, -0.2) is 21.3 Å². The number of aromatic nitrogens is 2. The average Bonchev–Trinajstić information content (AvgIpc) is 2.63. The van der Waals surface area contributed by atoms with Crippen molar-refractivity contribution in [2.24, 2.45) is 7.05 Å². The molecule has 0 amide bonds. The standard InChI is InChI=1S/C14H14BrClN2OS/c1-9-14(16)13(18(2)17-9)7-11(19)8-20-12-5-3-4-10(15)6-12/h3-6H,7-8H2,1-2H3. The van der Waals surface area contributed by atoms with Crippen molar-refractivity contribution in [3.8, 4) is 0 Å². The van der Waals surface area contributed by atoms with Crippen LogP contribution in [0.3, 0.4) is 0 Å². The molecule has 3 nitrogen and oxygen atoms in total. The van der Waals surface area contributed by atoms with Crippen molar-refractivity contribution < 1.29 is 4.79 Å². The summed E-state index contributed by atoms with van der Waals surface area (Å²) in [4.78, 5) is 13.1. The topological polar surface area (TPSA) is 34.9 Å². The van der Waals surface area contributed by atoms with Gasteiger partial charge in [-0.25, -0.2) is 0 Å². The molecule has 0 aliphatic rings. The van der Waals surface area contributed by atoms with E-state index in [-0.39, 0.29) is 5.78 Å². The molecule has 0 saturated carbocycles. The number of benzene rings is 1. The summed E-state index contributed by atoms with van der Waals surface area (Å²) >= 11 is 11.1. The second kappa shape index (κ2) is 6.78. The molecule has 0 N–H and O–H groups in total. The molecule has 0 radical (unpaired) electrons. The molecule has 0 unspecified atom stereocenters. The number of nitrogens with zero attached hydrogens (tertiary/aromatic N) is 2. The van der Waals surface area contributed by atoms with E-state index >= 15 is 0 Å².